The van der Waals surface area contributed by atoms with Crippen LogP contribution in [-0.4, -0.2) is 56.1 Å². The predicted octanol–water partition coefficient (Wildman–Crippen LogP) is 0.755. The summed E-state index contributed by atoms with van der Waals surface area (Å²) in [5.41, 5.74) is 6.49. The molecule has 2 N–H and O–H groups in total. The van der Waals surface area contributed by atoms with Gasteiger partial charge < -0.3 is 20.3 Å². The molecule has 0 aliphatic rings. The maximum atomic E-state index is 11.9. The van der Waals surface area contributed by atoms with Gasteiger partial charge in [0.15, 0.2) is 5.82 Å². The molecule has 0 aromatic carbocycles. The average molecular weight is 294 g/mol. The van der Waals surface area contributed by atoms with Crippen LogP contribution in [0.5, 0.6) is 0 Å². The minimum atomic E-state index is -0.522. The van der Waals surface area contributed by atoms with Gasteiger partial charge in [0, 0.05) is 26.8 Å². The number of rotatable bonds is 6. The van der Waals surface area contributed by atoms with Gasteiger partial charge in [0.05, 0.1) is 24.9 Å². The van der Waals surface area contributed by atoms with Crippen molar-refractivity contribution >= 4 is 23.4 Å². The summed E-state index contributed by atoms with van der Waals surface area (Å²) in [6, 6.07) is 1.50. The first-order valence-electron chi connectivity index (χ1n) is 6.70. The highest BCUT2D eigenvalue weighted by atomic mass is 16.5. The summed E-state index contributed by atoms with van der Waals surface area (Å²) in [6.45, 7) is 2.76. The molecule has 0 aliphatic carbocycles. The van der Waals surface area contributed by atoms with Crippen LogP contribution in [0.1, 0.15) is 23.7 Å². The van der Waals surface area contributed by atoms with Crippen LogP contribution >= 0.6 is 0 Å². The number of nitrogens with two attached hydrogens (primary N) is 1. The Labute approximate surface area is 124 Å². The first-order chi connectivity index (χ1) is 9.92. The maximum absolute atomic E-state index is 11.9. The fourth-order valence-electron chi connectivity index (χ4n) is 1.84. The smallest absolute Gasteiger partial charge is 0.340 e. The molecule has 1 aromatic heterocycles. The highest BCUT2D eigenvalue weighted by molar-refractivity contribution is 5.98. The summed E-state index contributed by atoms with van der Waals surface area (Å²) < 4.78 is 4.69. The Hall–Kier alpha value is -2.31. The van der Waals surface area contributed by atoms with Crippen molar-refractivity contribution in [3.05, 3.63) is 17.8 Å². The summed E-state index contributed by atoms with van der Waals surface area (Å²) in [7, 11) is 4.67. The number of anilines is 2. The molecule has 0 bridgehead atoms. The van der Waals surface area contributed by atoms with E-state index in [9.17, 15) is 9.59 Å². The second-order valence-electron chi connectivity index (χ2n) is 4.80. The van der Waals surface area contributed by atoms with Gasteiger partial charge in [0.1, 0.15) is 0 Å². The fourth-order valence-corrected chi connectivity index (χ4v) is 1.84. The van der Waals surface area contributed by atoms with Gasteiger partial charge in [-0.05, 0) is 12.5 Å². The number of amides is 1. The zero-order valence-corrected chi connectivity index (χ0v) is 12.9. The van der Waals surface area contributed by atoms with Crippen molar-refractivity contribution in [1.29, 1.82) is 0 Å². The molecule has 21 heavy (non-hydrogen) atoms. The molecule has 0 aliphatic heterocycles. The Balaban J connectivity index is 3.13. The molecule has 0 radical (unpaired) electrons. The second kappa shape index (κ2) is 7.47. The number of hydrogen-bond donors (Lipinski definition) is 1. The van der Waals surface area contributed by atoms with E-state index in [1.807, 2.05) is 6.92 Å². The predicted molar refractivity (Wildman–Crippen MR) is 81.2 cm³/mol. The number of pyridine rings is 1. The second-order valence-corrected chi connectivity index (χ2v) is 4.80. The molecule has 0 fully saturated rings. The van der Waals surface area contributed by atoms with E-state index in [0.29, 0.717) is 12.4 Å². The largest absolute Gasteiger partial charge is 0.465 e. The molecule has 0 unspecified atom stereocenters. The lowest BCUT2D eigenvalue weighted by Gasteiger charge is -2.25. The van der Waals surface area contributed by atoms with E-state index < -0.39 is 5.97 Å². The van der Waals surface area contributed by atoms with Gasteiger partial charge in [0.2, 0.25) is 5.91 Å². The van der Waals surface area contributed by atoms with E-state index in [0.717, 1.165) is 6.42 Å². The fraction of sp³-hybridized carbons (Fsp3) is 0.500. The van der Waals surface area contributed by atoms with Crippen LogP contribution in [0.4, 0.5) is 11.5 Å². The van der Waals surface area contributed by atoms with Gasteiger partial charge in [0.25, 0.3) is 0 Å². The molecule has 116 valence electrons. The number of carbonyl (C=O) groups excluding carboxylic acids is 2. The summed E-state index contributed by atoms with van der Waals surface area (Å²) in [5, 5.41) is 0. The first kappa shape index (κ1) is 16.7. The number of nitrogens with zero attached hydrogens (tertiary/aromatic N) is 3. The number of esters is 1. The van der Waals surface area contributed by atoms with Crippen LogP contribution in [0.15, 0.2) is 12.3 Å². The summed E-state index contributed by atoms with van der Waals surface area (Å²) in [6.07, 6.45) is 2.31. The van der Waals surface area contributed by atoms with Crippen molar-refractivity contribution in [2.75, 3.05) is 44.9 Å². The molecule has 7 nitrogen and oxygen atoms in total. The van der Waals surface area contributed by atoms with E-state index in [-0.39, 0.29) is 23.7 Å². The number of likely N-dealkylation sites (N-methyl/N-ethyl adjacent to an activating group) is 1. The summed E-state index contributed by atoms with van der Waals surface area (Å²) >= 11 is 0. The van der Waals surface area contributed by atoms with Crippen molar-refractivity contribution < 1.29 is 14.3 Å². The molecule has 0 atom stereocenters. The Bertz CT molecular complexity index is 517. The normalized spacial score (nSPS) is 10.1. The summed E-state index contributed by atoms with van der Waals surface area (Å²) in [4.78, 5) is 31.1. The third-order valence-corrected chi connectivity index (χ3v) is 2.99. The minimum Gasteiger partial charge on any atom is -0.465 e. The van der Waals surface area contributed by atoms with Crippen LogP contribution in [0.25, 0.3) is 0 Å². The third kappa shape index (κ3) is 4.08. The lowest BCUT2D eigenvalue weighted by Crippen LogP contribution is -2.38. The number of ether oxygens (including phenoxy) is 1. The molecule has 0 spiro atoms. The molecule has 7 heteroatoms. The van der Waals surface area contributed by atoms with E-state index in [2.05, 4.69) is 4.98 Å². The number of methoxy groups -OCH3 is 1. The van der Waals surface area contributed by atoms with Gasteiger partial charge in [-0.2, -0.15) is 0 Å². The zero-order chi connectivity index (χ0) is 16.0. The van der Waals surface area contributed by atoms with Crippen molar-refractivity contribution in [2.45, 2.75) is 13.3 Å². The Morgan fingerprint density at radius 3 is 2.57 bits per heavy atom. The molecule has 1 aromatic rings. The third-order valence-electron chi connectivity index (χ3n) is 2.99. The van der Waals surface area contributed by atoms with Gasteiger partial charge in [-0.25, -0.2) is 9.78 Å². The standard InChI is InChI=1S/C14H22N4O3/c1-5-8-18(9-11(19)17(2)3)13-12(15)10(6-7-16-13)14(20)21-4/h6-7H,5,8-9,15H2,1-4H3. The van der Waals surface area contributed by atoms with Crippen molar-refractivity contribution in [2.24, 2.45) is 0 Å². The van der Waals surface area contributed by atoms with Gasteiger partial charge in [-0.3, -0.25) is 4.79 Å². The van der Waals surface area contributed by atoms with E-state index in [1.54, 1.807) is 19.0 Å². The highest BCUT2D eigenvalue weighted by Crippen LogP contribution is 2.24. The number of carbonyl (C=O) groups is 2. The SMILES string of the molecule is CCCN(CC(=O)N(C)C)c1nccc(C(=O)OC)c1N. The van der Waals surface area contributed by atoms with Crippen molar-refractivity contribution in [1.82, 2.24) is 9.88 Å². The molecule has 1 heterocycles. The van der Waals surface area contributed by atoms with Gasteiger partial charge >= 0.3 is 5.97 Å². The molecule has 1 rings (SSSR count). The van der Waals surface area contributed by atoms with Gasteiger partial charge in [-0.15, -0.1) is 0 Å². The zero-order valence-electron chi connectivity index (χ0n) is 12.9. The number of hydrogen-bond acceptors (Lipinski definition) is 6. The molecular weight excluding hydrogens is 272 g/mol. The van der Waals surface area contributed by atoms with Crippen LogP contribution in [0.3, 0.4) is 0 Å². The number of aromatic nitrogens is 1. The van der Waals surface area contributed by atoms with Crippen molar-refractivity contribution in [3.63, 3.8) is 0 Å². The highest BCUT2D eigenvalue weighted by Gasteiger charge is 2.20. The van der Waals surface area contributed by atoms with E-state index >= 15 is 0 Å². The van der Waals surface area contributed by atoms with Crippen LogP contribution < -0.4 is 10.6 Å². The van der Waals surface area contributed by atoms with Crippen LogP contribution in [-0.2, 0) is 9.53 Å². The Morgan fingerprint density at radius 2 is 2.05 bits per heavy atom. The number of nitrogen functional groups attached to an aromatic ring is 1. The first-order valence-corrected chi connectivity index (χ1v) is 6.70. The Kier molecular flexibility index (Phi) is 5.95. The monoisotopic (exact) mass is 294 g/mol. The Morgan fingerprint density at radius 1 is 1.38 bits per heavy atom. The average Bonchev–Trinajstić information content (AvgIpc) is 2.46. The molecule has 0 saturated heterocycles. The molecular formula is C14H22N4O3. The molecule has 0 saturated carbocycles. The van der Waals surface area contributed by atoms with E-state index in [4.69, 9.17) is 10.5 Å². The van der Waals surface area contributed by atoms with Gasteiger partial charge in [-0.1, -0.05) is 6.92 Å². The van der Waals surface area contributed by atoms with Crippen LogP contribution in [0.2, 0.25) is 0 Å². The maximum Gasteiger partial charge on any atom is 0.340 e. The van der Waals surface area contributed by atoms with Crippen molar-refractivity contribution in [3.8, 4) is 0 Å². The van der Waals surface area contributed by atoms with E-state index in [1.165, 1.54) is 24.3 Å². The lowest BCUT2D eigenvalue weighted by molar-refractivity contribution is -0.127. The van der Waals surface area contributed by atoms with Crippen LogP contribution in [0, 0.1) is 0 Å². The lowest BCUT2D eigenvalue weighted by atomic mass is 10.2. The molecule has 1 amide bonds. The minimum absolute atomic E-state index is 0.0619. The quantitative estimate of drug-likeness (QED) is 0.779. The summed E-state index contributed by atoms with van der Waals surface area (Å²) in [5.74, 6) is -0.158. The topological polar surface area (TPSA) is 88.8 Å².